The molecule has 0 radical (unpaired) electrons. The Balaban J connectivity index is 1.16. The lowest BCUT2D eigenvalue weighted by atomic mass is 9.81. The summed E-state index contributed by atoms with van der Waals surface area (Å²) in [5.74, 6) is -0.413. The fourth-order valence-corrected chi connectivity index (χ4v) is 4.98. The number of rotatable bonds is 6. The predicted octanol–water partition coefficient (Wildman–Crippen LogP) is 1.21. The molecule has 0 bridgehead atoms. The number of nitrogens with one attached hydrogen (secondary N) is 2. The number of amides is 2. The first kappa shape index (κ1) is 20.9. The van der Waals surface area contributed by atoms with Gasteiger partial charge in [0.05, 0.1) is 12.6 Å². The topological polar surface area (TPSA) is 107 Å². The Morgan fingerprint density at radius 1 is 1.30 bits per heavy atom. The molecule has 0 spiro atoms. The summed E-state index contributed by atoms with van der Waals surface area (Å²) in [4.78, 5) is 26.7. The number of benzene rings is 1. The van der Waals surface area contributed by atoms with E-state index in [1.54, 1.807) is 17.6 Å². The summed E-state index contributed by atoms with van der Waals surface area (Å²) in [7, 11) is 0. The molecule has 1 saturated heterocycles. The Hall–Kier alpha value is -2.36. The van der Waals surface area contributed by atoms with Crippen LogP contribution in [0.4, 0.5) is 0 Å². The average molecular weight is 430 g/mol. The van der Waals surface area contributed by atoms with Crippen molar-refractivity contribution >= 4 is 23.2 Å². The summed E-state index contributed by atoms with van der Waals surface area (Å²) in [5.41, 5.74) is 2.38. The first-order chi connectivity index (χ1) is 14.4. The van der Waals surface area contributed by atoms with Crippen molar-refractivity contribution in [1.29, 1.82) is 0 Å². The third-order valence-electron chi connectivity index (χ3n) is 6.02. The highest BCUT2D eigenvalue weighted by atomic mass is 32.1. The molecule has 2 aromatic rings. The molecular weight excluding hydrogens is 402 g/mol. The minimum Gasteiger partial charge on any atom is -0.383 e. The minimum absolute atomic E-state index is 0.0262. The molecule has 1 aromatic carbocycles. The number of carbonyl (C=O) groups excluding carboxylic acids is 2. The maximum Gasteiger partial charge on any atom is 0.251 e. The van der Waals surface area contributed by atoms with Crippen LogP contribution in [0.5, 0.6) is 0 Å². The minimum atomic E-state index is -0.842. The van der Waals surface area contributed by atoms with Gasteiger partial charge in [-0.2, -0.15) is 0 Å². The summed E-state index contributed by atoms with van der Waals surface area (Å²) in [6, 6.07) is 7.82. The van der Waals surface area contributed by atoms with Gasteiger partial charge in [-0.25, -0.2) is 0 Å². The van der Waals surface area contributed by atoms with Crippen LogP contribution in [0.1, 0.15) is 46.6 Å². The number of aromatic nitrogens is 2. The van der Waals surface area contributed by atoms with Crippen LogP contribution in [-0.2, 0) is 10.4 Å². The van der Waals surface area contributed by atoms with Crippen molar-refractivity contribution in [3.8, 4) is 0 Å². The summed E-state index contributed by atoms with van der Waals surface area (Å²) >= 11 is 1.41. The van der Waals surface area contributed by atoms with E-state index in [0.717, 1.165) is 31.5 Å². The van der Waals surface area contributed by atoms with Crippen molar-refractivity contribution < 1.29 is 14.7 Å². The molecular formula is C21H27N5O3S. The molecule has 30 heavy (non-hydrogen) atoms. The zero-order valence-electron chi connectivity index (χ0n) is 17.0. The molecule has 160 valence electrons. The van der Waals surface area contributed by atoms with Gasteiger partial charge in [-0.1, -0.05) is 17.7 Å². The quantitative estimate of drug-likeness (QED) is 0.637. The second-order valence-corrected chi connectivity index (χ2v) is 9.11. The number of hydrogen-bond donors (Lipinski definition) is 3. The van der Waals surface area contributed by atoms with Crippen molar-refractivity contribution in [3.63, 3.8) is 0 Å². The Labute approximate surface area is 179 Å². The zero-order chi connectivity index (χ0) is 21.1. The van der Waals surface area contributed by atoms with Crippen LogP contribution in [-0.4, -0.2) is 63.7 Å². The molecule has 1 aromatic heterocycles. The normalized spacial score (nSPS) is 24.8. The van der Waals surface area contributed by atoms with Gasteiger partial charge < -0.3 is 15.7 Å². The van der Waals surface area contributed by atoms with Gasteiger partial charge in [0.25, 0.3) is 5.91 Å². The first-order valence-corrected chi connectivity index (χ1v) is 11.2. The molecule has 2 amide bonds. The van der Waals surface area contributed by atoms with Crippen molar-refractivity contribution in [2.75, 3.05) is 19.6 Å². The number of aryl methyl sites for hydroxylation is 1. The van der Waals surface area contributed by atoms with Gasteiger partial charge in [0.1, 0.15) is 16.1 Å². The summed E-state index contributed by atoms with van der Waals surface area (Å²) < 4.78 is 0. The smallest absolute Gasteiger partial charge is 0.251 e. The van der Waals surface area contributed by atoms with Gasteiger partial charge in [0, 0.05) is 24.7 Å². The Morgan fingerprint density at radius 3 is 2.73 bits per heavy atom. The van der Waals surface area contributed by atoms with E-state index < -0.39 is 5.60 Å². The van der Waals surface area contributed by atoms with Crippen LogP contribution in [0.3, 0.4) is 0 Å². The van der Waals surface area contributed by atoms with Gasteiger partial charge in [0.2, 0.25) is 5.91 Å². The number of hydrogen-bond acceptors (Lipinski definition) is 7. The van der Waals surface area contributed by atoms with Crippen molar-refractivity contribution in [3.05, 3.63) is 45.9 Å². The largest absolute Gasteiger partial charge is 0.383 e. The summed E-state index contributed by atoms with van der Waals surface area (Å²) in [6.07, 6.45) is 3.18. The second kappa shape index (κ2) is 8.79. The highest BCUT2D eigenvalue weighted by Crippen LogP contribution is 2.39. The van der Waals surface area contributed by atoms with Crippen LogP contribution in [0, 0.1) is 6.92 Å². The van der Waals surface area contributed by atoms with Crippen LogP contribution >= 0.6 is 11.3 Å². The fourth-order valence-electron chi connectivity index (χ4n) is 4.26. The lowest BCUT2D eigenvalue weighted by Gasteiger charge is -2.47. The Bertz CT molecular complexity index is 890. The highest BCUT2D eigenvalue weighted by Gasteiger charge is 2.41. The van der Waals surface area contributed by atoms with E-state index >= 15 is 0 Å². The SMILES string of the molecule is Cc1cccc(C(=O)NCC(=O)NC2CN([C@H]3CC[C@@](O)(c4nncs4)CC3)C2)c1. The summed E-state index contributed by atoms with van der Waals surface area (Å²) in [6.45, 7) is 3.51. The molecule has 0 atom stereocenters. The lowest BCUT2D eigenvalue weighted by molar-refractivity contribution is -0.122. The van der Waals surface area contributed by atoms with E-state index in [9.17, 15) is 14.7 Å². The van der Waals surface area contributed by atoms with Crippen LogP contribution in [0.2, 0.25) is 0 Å². The van der Waals surface area contributed by atoms with E-state index in [1.807, 2.05) is 19.1 Å². The van der Waals surface area contributed by atoms with E-state index in [-0.39, 0.29) is 24.4 Å². The summed E-state index contributed by atoms with van der Waals surface area (Å²) in [5, 5.41) is 25.0. The van der Waals surface area contributed by atoms with Gasteiger partial charge in [-0.15, -0.1) is 21.5 Å². The molecule has 1 aliphatic heterocycles. The standard InChI is InChI=1S/C21H27N5O3S/c1-14-3-2-4-15(9-14)19(28)22-10-18(27)24-16-11-26(12-16)17-5-7-21(29,8-6-17)20-25-23-13-30-20/h2-4,9,13,16-17,29H,5-8,10-12H2,1H3,(H,22,28)(H,24,27)/t17-,21-. The van der Waals surface area contributed by atoms with E-state index in [2.05, 4.69) is 25.7 Å². The Morgan fingerprint density at radius 2 is 2.07 bits per heavy atom. The van der Waals surface area contributed by atoms with E-state index in [0.29, 0.717) is 29.5 Å². The molecule has 2 aliphatic rings. The monoisotopic (exact) mass is 429 g/mol. The van der Waals surface area contributed by atoms with Gasteiger partial charge in [-0.05, 0) is 44.7 Å². The molecule has 8 nitrogen and oxygen atoms in total. The number of aliphatic hydroxyl groups is 1. The first-order valence-electron chi connectivity index (χ1n) is 10.3. The lowest BCUT2D eigenvalue weighted by Crippen LogP contribution is -2.63. The van der Waals surface area contributed by atoms with E-state index in [1.165, 1.54) is 11.3 Å². The second-order valence-electron chi connectivity index (χ2n) is 8.28. The maximum atomic E-state index is 12.2. The third-order valence-corrected chi connectivity index (χ3v) is 6.91. The van der Waals surface area contributed by atoms with Crippen LogP contribution < -0.4 is 10.6 Å². The van der Waals surface area contributed by atoms with Gasteiger partial charge in [0.15, 0.2) is 0 Å². The molecule has 4 rings (SSSR count). The molecule has 1 saturated carbocycles. The molecule has 3 N–H and O–H groups in total. The zero-order valence-corrected chi connectivity index (χ0v) is 17.8. The van der Waals surface area contributed by atoms with Crippen LogP contribution in [0.15, 0.2) is 29.8 Å². The third kappa shape index (κ3) is 4.69. The Kier molecular flexibility index (Phi) is 6.12. The predicted molar refractivity (Wildman–Crippen MR) is 113 cm³/mol. The van der Waals surface area contributed by atoms with Crippen molar-refractivity contribution in [1.82, 2.24) is 25.7 Å². The average Bonchev–Trinajstić information content (AvgIpc) is 3.25. The molecule has 0 unspecified atom stereocenters. The highest BCUT2D eigenvalue weighted by molar-refractivity contribution is 7.09. The van der Waals surface area contributed by atoms with Crippen molar-refractivity contribution in [2.45, 2.75) is 50.3 Å². The number of carbonyl (C=O) groups is 2. The van der Waals surface area contributed by atoms with Crippen molar-refractivity contribution in [2.24, 2.45) is 0 Å². The molecule has 1 aliphatic carbocycles. The van der Waals surface area contributed by atoms with Gasteiger partial charge >= 0.3 is 0 Å². The maximum absolute atomic E-state index is 12.2. The fraction of sp³-hybridized carbons (Fsp3) is 0.524. The molecule has 2 heterocycles. The molecule has 9 heteroatoms. The number of nitrogens with zero attached hydrogens (tertiary/aromatic N) is 3. The molecule has 2 fully saturated rings. The number of likely N-dealkylation sites (tertiary alicyclic amines) is 1. The van der Waals surface area contributed by atoms with Crippen LogP contribution in [0.25, 0.3) is 0 Å². The van der Waals surface area contributed by atoms with E-state index in [4.69, 9.17) is 0 Å². The van der Waals surface area contributed by atoms with Gasteiger partial charge in [-0.3, -0.25) is 14.5 Å².